The maximum absolute atomic E-state index is 12.9. The minimum atomic E-state index is -0.0905. The van der Waals surface area contributed by atoms with Crippen LogP contribution in [-0.2, 0) is 6.54 Å². The minimum absolute atomic E-state index is 0.0905. The lowest BCUT2D eigenvalue weighted by molar-refractivity contribution is 0.101. The van der Waals surface area contributed by atoms with Crippen LogP contribution >= 0.6 is 0 Å². The van der Waals surface area contributed by atoms with Gasteiger partial charge in [0, 0.05) is 34.8 Å². The van der Waals surface area contributed by atoms with Gasteiger partial charge in [0.05, 0.1) is 5.56 Å². The number of rotatable bonds is 5. The molecular formula is C25H25NO3. The quantitative estimate of drug-likeness (QED) is 0.402. The van der Waals surface area contributed by atoms with E-state index in [9.17, 15) is 4.79 Å². The van der Waals surface area contributed by atoms with Gasteiger partial charge in [-0.15, -0.1) is 0 Å². The van der Waals surface area contributed by atoms with Gasteiger partial charge in [0.15, 0.2) is 5.76 Å². The number of ether oxygens (including phenoxy) is 2. The lowest BCUT2D eigenvalue weighted by atomic mass is 10.1. The van der Waals surface area contributed by atoms with Crippen LogP contribution in [-0.4, -0.2) is 17.0 Å². The molecule has 2 heterocycles. The third-order valence-electron chi connectivity index (χ3n) is 5.21. The molecule has 4 heteroatoms. The first-order chi connectivity index (χ1) is 14.0. The van der Waals surface area contributed by atoms with Crippen molar-refractivity contribution in [2.75, 3.05) is 6.61 Å². The van der Waals surface area contributed by atoms with Gasteiger partial charge < -0.3 is 14.0 Å². The van der Waals surface area contributed by atoms with Crippen molar-refractivity contribution < 1.29 is 14.3 Å². The van der Waals surface area contributed by atoms with E-state index in [0.29, 0.717) is 23.7 Å². The van der Waals surface area contributed by atoms with E-state index in [2.05, 4.69) is 29.8 Å². The van der Waals surface area contributed by atoms with Crippen LogP contribution in [0.3, 0.4) is 0 Å². The molecule has 29 heavy (non-hydrogen) atoms. The van der Waals surface area contributed by atoms with E-state index in [1.165, 1.54) is 5.57 Å². The Morgan fingerprint density at radius 3 is 2.72 bits per heavy atom. The molecule has 2 aromatic carbocycles. The number of benzene rings is 2. The van der Waals surface area contributed by atoms with Gasteiger partial charge >= 0.3 is 0 Å². The van der Waals surface area contributed by atoms with Crippen molar-refractivity contribution >= 4 is 22.8 Å². The second-order valence-corrected chi connectivity index (χ2v) is 7.49. The number of carbonyl (C=O) groups excluding carboxylic acids is 1. The van der Waals surface area contributed by atoms with Crippen molar-refractivity contribution in [2.24, 2.45) is 0 Å². The molecule has 1 aliphatic rings. The standard InChI is InChI=1S/C25H25NO3/c1-5-26-15-18(19-8-6-7-9-21(19)26)14-23-24(27)20-10-11-22(17(4)25(20)29-23)28-13-12-16(2)3/h6-12,14-15H,5,13H2,1-4H3/b23-14-. The Morgan fingerprint density at radius 2 is 1.97 bits per heavy atom. The molecule has 1 aliphatic heterocycles. The number of aryl methyl sites for hydroxylation is 1. The van der Waals surface area contributed by atoms with E-state index < -0.39 is 0 Å². The smallest absolute Gasteiger partial charge is 0.231 e. The van der Waals surface area contributed by atoms with Crippen LogP contribution in [0.2, 0.25) is 0 Å². The van der Waals surface area contributed by atoms with Crippen molar-refractivity contribution in [3.8, 4) is 11.5 Å². The second kappa shape index (κ2) is 7.63. The van der Waals surface area contributed by atoms with E-state index in [1.54, 1.807) is 6.07 Å². The van der Waals surface area contributed by atoms with Gasteiger partial charge in [0.25, 0.3) is 0 Å². The lowest BCUT2D eigenvalue weighted by Gasteiger charge is -2.10. The molecule has 0 saturated carbocycles. The first kappa shape index (κ1) is 19.1. The molecule has 3 aromatic rings. The molecule has 0 N–H and O–H groups in total. The Bertz CT molecular complexity index is 1160. The summed E-state index contributed by atoms with van der Waals surface area (Å²) in [7, 11) is 0. The number of fused-ring (bicyclic) bond motifs is 2. The van der Waals surface area contributed by atoms with E-state index in [1.807, 2.05) is 51.1 Å². The Morgan fingerprint density at radius 1 is 1.17 bits per heavy atom. The molecule has 0 radical (unpaired) electrons. The topological polar surface area (TPSA) is 40.5 Å². The first-order valence-corrected chi connectivity index (χ1v) is 9.91. The van der Waals surface area contributed by atoms with Crippen molar-refractivity contribution in [3.05, 3.63) is 76.7 Å². The highest BCUT2D eigenvalue weighted by atomic mass is 16.5. The number of carbonyl (C=O) groups is 1. The van der Waals surface area contributed by atoms with Gasteiger partial charge in [-0.25, -0.2) is 0 Å². The fraction of sp³-hybridized carbons (Fsp3) is 0.240. The maximum Gasteiger partial charge on any atom is 0.231 e. The number of ketones is 1. The molecule has 0 bridgehead atoms. The van der Waals surface area contributed by atoms with Crippen LogP contribution in [0.15, 0.2) is 60.0 Å². The maximum atomic E-state index is 12.9. The Labute approximate surface area is 171 Å². The molecular weight excluding hydrogens is 362 g/mol. The SMILES string of the molecule is CCn1cc(/C=C2\Oc3c(ccc(OCC=C(C)C)c3C)C2=O)c2ccccc21. The summed E-state index contributed by atoms with van der Waals surface area (Å²) in [5.41, 5.74) is 4.76. The highest BCUT2D eigenvalue weighted by Gasteiger charge is 2.30. The fourth-order valence-corrected chi connectivity index (χ4v) is 3.62. The van der Waals surface area contributed by atoms with E-state index in [4.69, 9.17) is 9.47 Å². The average molecular weight is 387 g/mol. The summed E-state index contributed by atoms with van der Waals surface area (Å²) in [6.45, 7) is 9.46. The van der Waals surface area contributed by atoms with Gasteiger partial charge in [0.2, 0.25) is 5.78 Å². The molecule has 0 fully saturated rings. The zero-order valence-electron chi connectivity index (χ0n) is 17.3. The summed E-state index contributed by atoms with van der Waals surface area (Å²) in [6.07, 6.45) is 5.94. The largest absolute Gasteiger partial charge is 0.489 e. The molecule has 0 amide bonds. The van der Waals surface area contributed by atoms with Crippen LogP contribution in [0.1, 0.15) is 42.3 Å². The molecule has 4 nitrogen and oxygen atoms in total. The predicted molar refractivity (Wildman–Crippen MR) is 117 cm³/mol. The number of allylic oxidation sites excluding steroid dienone is 2. The third-order valence-corrected chi connectivity index (χ3v) is 5.21. The Balaban J connectivity index is 1.68. The average Bonchev–Trinajstić information content (AvgIpc) is 3.22. The highest BCUT2D eigenvalue weighted by Crippen LogP contribution is 2.39. The van der Waals surface area contributed by atoms with Gasteiger partial charge in [-0.2, -0.15) is 0 Å². The van der Waals surface area contributed by atoms with E-state index in [-0.39, 0.29) is 5.78 Å². The van der Waals surface area contributed by atoms with Crippen LogP contribution in [0.4, 0.5) is 0 Å². The summed E-state index contributed by atoms with van der Waals surface area (Å²) in [4.78, 5) is 12.9. The lowest BCUT2D eigenvalue weighted by Crippen LogP contribution is -1.98. The third kappa shape index (κ3) is 3.46. The molecule has 148 valence electrons. The summed E-state index contributed by atoms with van der Waals surface area (Å²) < 4.78 is 14.0. The molecule has 0 aliphatic carbocycles. The second-order valence-electron chi connectivity index (χ2n) is 7.49. The highest BCUT2D eigenvalue weighted by molar-refractivity contribution is 6.15. The number of hydrogen-bond donors (Lipinski definition) is 0. The van der Waals surface area contributed by atoms with Crippen molar-refractivity contribution in [2.45, 2.75) is 34.2 Å². The van der Waals surface area contributed by atoms with E-state index in [0.717, 1.165) is 34.3 Å². The van der Waals surface area contributed by atoms with Gasteiger partial charge in [-0.3, -0.25) is 4.79 Å². The number of Topliss-reactive ketones (excluding diaryl/α,β-unsaturated/α-hetero) is 1. The molecule has 1 aromatic heterocycles. The zero-order chi connectivity index (χ0) is 20.5. The summed E-state index contributed by atoms with van der Waals surface area (Å²) in [6, 6.07) is 11.8. The number of nitrogens with zero attached hydrogens (tertiary/aromatic N) is 1. The normalized spacial score (nSPS) is 14.2. The zero-order valence-corrected chi connectivity index (χ0v) is 17.3. The van der Waals surface area contributed by atoms with Crippen molar-refractivity contribution in [1.82, 2.24) is 4.57 Å². The van der Waals surface area contributed by atoms with Crippen LogP contribution in [0, 0.1) is 6.92 Å². The Hall–Kier alpha value is -3.27. The van der Waals surface area contributed by atoms with Crippen molar-refractivity contribution in [3.63, 3.8) is 0 Å². The van der Waals surface area contributed by atoms with Crippen LogP contribution < -0.4 is 9.47 Å². The summed E-state index contributed by atoms with van der Waals surface area (Å²) in [5, 5.41) is 1.11. The molecule has 0 spiro atoms. The van der Waals surface area contributed by atoms with Crippen LogP contribution in [0.5, 0.6) is 11.5 Å². The van der Waals surface area contributed by atoms with Gasteiger partial charge in [-0.05, 0) is 58.0 Å². The molecule has 4 rings (SSSR count). The van der Waals surface area contributed by atoms with Gasteiger partial charge in [0.1, 0.15) is 18.1 Å². The van der Waals surface area contributed by atoms with E-state index >= 15 is 0 Å². The fourth-order valence-electron chi connectivity index (χ4n) is 3.62. The molecule has 0 unspecified atom stereocenters. The molecule has 0 atom stereocenters. The van der Waals surface area contributed by atoms with Gasteiger partial charge in [-0.1, -0.05) is 23.8 Å². The minimum Gasteiger partial charge on any atom is -0.489 e. The van der Waals surface area contributed by atoms with Crippen molar-refractivity contribution in [1.29, 1.82) is 0 Å². The predicted octanol–water partition coefficient (Wildman–Crippen LogP) is 5.93. The first-order valence-electron chi connectivity index (χ1n) is 9.91. The molecule has 0 saturated heterocycles. The summed E-state index contributed by atoms with van der Waals surface area (Å²) >= 11 is 0. The monoisotopic (exact) mass is 387 g/mol. The Kier molecular flexibility index (Phi) is 5.01. The number of aromatic nitrogens is 1. The number of hydrogen-bond acceptors (Lipinski definition) is 3. The number of para-hydroxylation sites is 1. The van der Waals surface area contributed by atoms with Crippen LogP contribution in [0.25, 0.3) is 17.0 Å². The summed E-state index contributed by atoms with van der Waals surface area (Å²) in [5.74, 6) is 1.59.